The molecule has 0 bridgehead atoms. The summed E-state index contributed by atoms with van der Waals surface area (Å²) in [6.07, 6.45) is 1.56. The zero-order chi connectivity index (χ0) is 14.5. The van der Waals surface area contributed by atoms with E-state index < -0.39 is 0 Å². The van der Waals surface area contributed by atoms with Gasteiger partial charge in [0.05, 0.1) is 5.69 Å². The monoisotopic (exact) mass is 290 g/mol. The highest BCUT2D eigenvalue weighted by molar-refractivity contribution is 6.32. The Balaban J connectivity index is 1.96. The third-order valence-corrected chi connectivity index (χ3v) is 3.04. The molecule has 0 saturated carbocycles. The quantitative estimate of drug-likeness (QED) is 0.878. The minimum Gasteiger partial charge on any atom is -0.483 e. The summed E-state index contributed by atoms with van der Waals surface area (Å²) in [4.78, 5) is 15.7. The third-order valence-electron chi connectivity index (χ3n) is 2.74. The number of benzene rings is 1. The van der Waals surface area contributed by atoms with E-state index in [1.165, 1.54) is 0 Å². The topological polar surface area (TPSA) is 51.2 Å². The summed E-state index contributed by atoms with van der Waals surface area (Å²) in [5.74, 6) is 0.429. The maximum absolute atomic E-state index is 11.8. The summed E-state index contributed by atoms with van der Waals surface area (Å²) >= 11 is 5.86. The molecule has 0 aliphatic heterocycles. The van der Waals surface area contributed by atoms with E-state index in [0.717, 1.165) is 11.1 Å². The molecular formula is C15H15ClN2O2. The Morgan fingerprint density at radius 3 is 2.90 bits per heavy atom. The Morgan fingerprint density at radius 1 is 1.35 bits per heavy atom. The van der Waals surface area contributed by atoms with Crippen molar-refractivity contribution in [2.24, 2.45) is 0 Å². The highest BCUT2D eigenvalue weighted by Crippen LogP contribution is 2.20. The van der Waals surface area contributed by atoms with Crippen LogP contribution in [0.15, 0.2) is 36.5 Å². The van der Waals surface area contributed by atoms with Crippen LogP contribution in [0, 0.1) is 13.8 Å². The second-order valence-electron chi connectivity index (χ2n) is 4.45. The summed E-state index contributed by atoms with van der Waals surface area (Å²) in [5.41, 5.74) is 2.55. The Hall–Kier alpha value is -2.07. The lowest BCUT2D eigenvalue weighted by Crippen LogP contribution is -2.20. The Morgan fingerprint density at radius 2 is 2.15 bits per heavy atom. The summed E-state index contributed by atoms with van der Waals surface area (Å²) in [5, 5.41) is 2.91. The molecule has 0 saturated heterocycles. The molecule has 0 radical (unpaired) electrons. The molecule has 1 N–H and O–H groups in total. The molecule has 5 heteroatoms. The van der Waals surface area contributed by atoms with Crippen LogP contribution in [0.3, 0.4) is 0 Å². The van der Waals surface area contributed by atoms with Gasteiger partial charge >= 0.3 is 0 Å². The standard InChI is InChI=1S/C15H15ClN2O2/c1-10-5-6-11(2)13(8-10)20-9-14(19)18-12-4-3-7-17-15(12)16/h3-8H,9H2,1-2H3,(H,18,19). The average Bonchev–Trinajstić information content (AvgIpc) is 2.42. The SMILES string of the molecule is Cc1ccc(C)c(OCC(=O)Nc2cccnc2Cl)c1. The molecule has 2 aromatic rings. The van der Waals surface area contributed by atoms with Crippen LogP contribution in [-0.4, -0.2) is 17.5 Å². The number of rotatable bonds is 4. The predicted molar refractivity (Wildman–Crippen MR) is 79.3 cm³/mol. The van der Waals surface area contributed by atoms with Gasteiger partial charge in [-0.2, -0.15) is 0 Å². The molecule has 0 aliphatic rings. The molecule has 104 valence electrons. The Labute approximate surface area is 122 Å². The Bertz CT molecular complexity index is 629. The van der Waals surface area contributed by atoms with Gasteiger partial charge in [0.25, 0.3) is 5.91 Å². The molecule has 1 amide bonds. The van der Waals surface area contributed by atoms with Crippen molar-refractivity contribution in [3.63, 3.8) is 0 Å². The van der Waals surface area contributed by atoms with Crippen molar-refractivity contribution >= 4 is 23.2 Å². The number of carbonyl (C=O) groups is 1. The van der Waals surface area contributed by atoms with E-state index in [0.29, 0.717) is 11.4 Å². The highest BCUT2D eigenvalue weighted by Gasteiger charge is 2.08. The van der Waals surface area contributed by atoms with E-state index in [1.54, 1.807) is 18.3 Å². The largest absolute Gasteiger partial charge is 0.483 e. The summed E-state index contributed by atoms with van der Waals surface area (Å²) < 4.78 is 5.52. The van der Waals surface area contributed by atoms with Crippen LogP contribution in [0.4, 0.5) is 5.69 Å². The number of pyridine rings is 1. The van der Waals surface area contributed by atoms with Crippen LogP contribution in [0.1, 0.15) is 11.1 Å². The minimum absolute atomic E-state index is 0.0739. The van der Waals surface area contributed by atoms with Crippen molar-refractivity contribution in [2.75, 3.05) is 11.9 Å². The van der Waals surface area contributed by atoms with Crippen molar-refractivity contribution in [3.05, 3.63) is 52.8 Å². The van der Waals surface area contributed by atoms with Crippen LogP contribution < -0.4 is 10.1 Å². The Kier molecular flexibility index (Phi) is 4.58. The maximum Gasteiger partial charge on any atom is 0.262 e. The highest BCUT2D eigenvalue weighted by atomic mass is 35.5. The molecule has 1 aromatic carbocycles. The van der Waals surface area contributed by atoms with Crippen LogP contribution in [0.25, 0.3) is 0 Å². The lowest BCUT2D eigenvalue weighted by molar-refractivity contribution is -0.118. The molecule has 20 heavy (non-hydrogen) atoms. The molecule has 0 spiro atoms. The van der Waals surface area contributed by atoms with Gasteiger partial charge in [-0.1, -0.05) is 23.7 Å². The summed E-state index contributed by atoms with van der Waals surface area (Å²) in [7, 11) is 0. The van der Waals surface area contributed by atoms with Crippen molar-refractivity contribution in [3.8, 4) is 5.75 Å². The van der Waals surface area contributed by atoms with Crippen molar-refractivity contribution in [1.29, 1.82) is 0 Å². The molecule has 0 aliphatic carbocycles. The number of hydrogen-bond acceptors (Lipinski definition) is 3. The number of carbonyl (C=O) groups excluding carboxylic acids is 1. The van der Waals surface area contributed by atoms with E-state index in [9.17, 15) is 4.79 Å². The fourth-order valence-corrected chi connectivity index (χ4v) is 1.84. The number of amides is 1. The van der Waals surface area contributed by atoms with Crippen LogP contribution in [0.2, 0.25) is 5.15 Å². The van der Waals surface area contributed by atoms with Gasteiger partial charge in [-0.15, -0.1) is 0 Å². The maximum atomic E-state index is 11.8. The lowest BCUT2D eigenvalue weighted by Gasteiger charge is -2.10. The number of nitrogens with zero attached hydrogens (tertiary/aromatic N) is 1. The van der Waals surface area contributed by atoms with Crippen molar-refractivity contribution in [2.45, 2.75) is 13.8 Å². The van der Waals surface area contributed by atoms with E-state index >= 15 is 0 Å². The number of aromatic nitrogens is 1. The fourth-order valence-electron chi connectivity index (χ4n) is 1.67. The molecule has 4 nitrogen and oxygen atoms in total. The van der Waals surface area contributed by atoms with Gasteiger partial charge in [0.15, 0.2) is 11.8 Å². The lowest BCUT2D eigenvalue weighted by atomic mass is 10.1. The van der Waals surface area contributed by atoms with Crippen molar-refractivity contribution in [1.82, 2.24) is 4.98 Å². The van der Waals surface area contributed by atoms with E-state index in [-0.39, 0.29) is 17.7 Å². The van der Waals surface area contributed by atoms with Gasteiger partial charge in [0.1, 0.15) is 5.75 Å². The van der Waals surface area contributed by atoms with E-state index in [4.69, 9.17) is 16.3 Å². The van der Waals surface area contributed by atoms with Gasteiger partial charge in [0.2, 0.25) is 0 Å². The van der Waals surface area contributed by atoms with Gasteiger partial charge in [-0.3, -0.25) is 4.79 Å². The third kappa shape index (κ3) is 3.71. The van der Waals surface area contributed by atoms with Crippen molar-refractivity contribution < 1.29 is 9.53 Å². The normalized spacial score (nSPS) is 10.2. The van der Waals surface area contributed by atoms with Crippen LogP contribution >= 0.6 is 11.6 Å². The second kappa shape index (κ2) is 6.39. The van der Waals surface area contributed by atoms with Gasteiger partial charge < -0.3 is 10.1 Å². The van der Waals surface area contributed by atoms with E-state index in [1.807, 2.05) is 32.0 Å². The van der Waals surface area contributed by atoms with E-state index in [2.05, 4.69) is 10.3 Å². The molecule has 0 unspecified atom stereocenters. The fraction of sp³-hybridized carbons (Fsp3) is 0.200. The summed E-state index contributed by atoms with van der Waals surface area (Å²) in [6, 6.07) is 9.25. The first-order valence-corrected chi connectivity index (χ1v) is 6.54. The molecular weight excluding hydrogens is 276 g/mol. The number of ether oxygens (including phenoxy) is 1. The first kappa shape index (κ1) is 14.3. The number of halogens is 1. The number of aryl methyl sites for hydroxylation is 2. The molecule has 0 atom stereocenters. The zero-order valence-corrected chi connectivity index (χ0v) is 12.1. The molecule has 1 heterocycles. The zero-order valence-electron chi connectivity index (χ0n) is 11.3. The summed E-state index contributed by atoms with van der Waals surface area (Å²) in [6.45, 7) is 3.84. The van der Waals surface area contributed by atoms with Gasteiger partial charge in [-0.05, 0) is 43.2 Å². The minimum atomic E-state index is -0.277. The number of hydrogen-bond donors (Lipinski definition) is 1. The number of nitrogens with one attached hydrogen (secondary N) is 1. The first-order valence-electron chi connectivity index (χ1n) is 6.16. The molecule has 0 fully saturated rings. The average molecular weight is 291 g/mol. The van der Waals surface area contributed by atoms with Gasteiger partial charge in [-0.25, -0.2) is 4.98 Å². The van der Waals surface area contributed by atoms with Gasteiger partial charge in [0, 0.05) is 6.20 Å². The number of anilines is 1. The molecule has 2 rings (SSSR count). The predicted octanol–water partition coefficient (Wildman–Crippen LogP) is 3.37. The smallest absolute Gasteiger partial charge is 0.262 e. The van der Waals surface area contributed by atoms with Crippen LogP contribution in [0.5, 0.6) is 5.75 Å². The molecule has 1 aromatic heterocycles. The van der Waals surface area contributed by atoms with Crippen LogP contribution in [-0.2, 0) is 4.79 Å². The second-order valence-corrected chi connectivity index (χ2v) is 4.81. The first-order chi connectivity index (χ1) is 9.56.